The number of aromatic nitrogens is 1. The van der Waals surface area contributed by atoms with Gasteiger partial charge in [0.1, 0.15) is 0 Å². The molecule has 21 heavy (non-hydrogen) atoms. The number of hydrogen-bond donors (Lipinski definition) is 0. The predicted molar refractivity (Wildman–Crippen MR) is 88.0 cm³/mol. The van der Waals surface area contributed by atoms with E-state index < -0.39 is 0 Å². The summed E-state index contributed by atoms with van der Waals surface area (Å²) >= 11 is 1.62. The van der Waals surface area contributed by atoms with Crippen LogP contribution in [0.15, 0.2) is 36.4 Å². The molecular formula is C16H19AsFN3. The molecule has 3 rings (SSSR count). The summed E-state index contributed by atoms with van der Waals surface area (Å²) in [6, 6.07) is 11.0. The van der Waals surface area contributed by atoms with Gasteiger partial charge in [0.25, 0.3) is 0 Å². The molecule has 0 amide bonds. The van der Waals surface area contributed by atoms with Gasteiger partial charge >= 0.3 is 133 Å². The van der Waals surface area contributed by atoms with Gasteiger partial charge in [0, 0.05) is 0 Å². The van der Waals surface area contributed by atoms with E-state index in [0.29, 0.717) is 0 Å². The summed E-state index contributed by atoms with van der Waals surface area (Å²) in [5.74, 6) is 0.938. The standard InChI is InChI=1S/C16H19AsFN3/c1-12-2-7-15(17)16(19-12)21-10-8-20(9-11-21)14-5-3-13(18)4-6-14/h2-7H,8-11,17H2,1H3. The Hall–Kier alpha value is -1.54. The summed E-state index contributed by atoms with van der Waals surface area (Å²) in [4.78, 5) is 9.33. The number of hydrogen-bond acceptors (Lipinski definition) is 3. The summed E-state index contributed by atoms with van der Waals surface area (Å²) in [5, 5.41) is 0. The monoisotopic (exact) mass is 347 g/mol. The van der Waals surface area contributed by atoms with E-state index >= 15 is 0 Å². The van der Waals surface area contributed by atoms with E-state index in [9.17, 15) is 4.39 Å². The van der Waals surface area contributed by atoms with Gasteiger partial charge in [-0.15, -0.1) is 0 Å². The molecule has 1 aliphatic heterocycles. The van der Waals surface area contributed by atoms with Crippen LogP contribution in [0.1, 0.15) is 5.69 Å². The zero-order chi connectivity index (χ0) is 14.8. The number of piperazine rings is 1. The number of benzene rings is 1. The van der Waals surface area contributed by atoms with Crippen molar-refractivity contribution in [3.05, 3.63) is 47.9 Å². The molecule has 5 heteroatoms. The molecular weight excluding hydrogens is 328 g/mol. The molecule has 0 N–H and O–H groups in total. The van der Waals surface area contributed by atoms with Gasteiger partial charge in [0.15, 0.2) is 0 Å². The zero-order valence-electron chi connectivity index (χ0n) is 12.1. The van der Waals surface area contributed by atoms with Crippen molar-refractivity contribution >= 4 is 32.7 Å². The van der Waals surface area contributed by atoms with E-state index in [4.69, 9.17) is 0 Å². The number of pyridine rings is 1. The second-order valence-electron chi connectivity index (χ2n) is 5.32. The maximum atomic E-state index is 13.0. The van der Waals surface area contributed by atoms with Crippen molar-refractivity contribution in [1.29, 1.82) is 0 Å². The third-order valence-corrected chi connectivity index (χ3v) is 4.76. The number of halogens is 1. The van der Waals surface area contributed by atoms with Crippen molar-refractivity contribution < 1.29 is 4.39 Å². The first-order valence-corrected chi connectivity index (χ1v) is 8.33. The second kappa shape index (κ2) is 6.06. The number of rotatable bonds is 2. The van der Waals surface area contributed by atoms with Crippen molar-refractivity contribution in [2.75, 3.05) is 36.0 Å². The summed E-state index contributed by atoms with van der Waals surface area (Å²) in [7, 11) is 0. The van der Waals surface area contributed by atoms with Crippen LogP contribution in [-0.4, -0.2) is 48.0 Å². The van der Waals surface area contributed by atoms with Gasteiger partial charge < -0.3 is 0 Å². The van der Waals surface area contributed by atoms with E-state index in [2.05, 4.69) is 26.9 Å². The molecule has 1 fully saturated rings. The van der Waals surface area contributed by atoms with Crippen LogP contribution in [0.2, 0.25) is 0 Å². The molecule has 1 aromatic heterocycles. The average Bonchev–Trinajstić information content (AvgIpc) is 2.51. The first-order valence-electron chi connectivity index (χ1n) is 7.12. The Morgan fingerprint density at radius 2 is 1.57 bits per heavy atom. The van der Waals surface area contributed by atoms with Crippen LogP contribution in [-0.2, 0) is 0 Å². The molecule has 0 aliphatic carbocycles. The fourth-order valence-electron chi connectivity index (χ4n) is 2.64. The van der Waals surface area contributed by atoms with E-state index in [1.54, 1.807) is 16.9 Å². The zero-order valence-corrected chi connectivity index (χ0v) is 14.5. The molecule has 0 spiro atoms. The van der Waals surface area contributed by atoms with Gasteiger partial charge in [-0.1, -0.05) is 0 Å². The first-order chi connectivity index (χ1) is 10.1. The molecule has 110 valence electrons. The Labute approximate surface area is 133 Å². The van der Waals surface area contributed by atoms with Crippen molar-refractivity contribution in [2.24, 2.45) is 0 Å². The molecule has 0 saturated carbocycles. The molecule has 1 saturated heterocycles. The Morgan fingerprint density at radius 1 is 0.952 bits per heavy atom. The minimum atomic E-state index is -0.181. The third kappa shape index (κ3) is 3.21. The topological polar surface area (TPSA) is 19.4 Å². The molecule has 3 nitrogen and oxygen atoms in total. The summed E-state index contributed by atoms with van der Waals surface area (Å²) in [6.45, 7) is 5.81. The number of aryl methyl sites for hydroxylation is 1. The number of anilines is 2. The van der Waals surface area contributed by atoms with Crippen LogP contribution in [0.4, 0.5) is 15.9 Å². The van der Waals surface area contributed by atoms with E-state index in [1.807, 2.05) is 19.1 Å². The average molecular weight is 347 g/mol. The number of nitrogens with zero attached hydrogens (tertiary/aromatic N) is 3. The molecule has 0 bridgehead atoms. The van der Waals surface area contributed by atoms with Gasteiger partial charge in [0.05, 0.1) is 0 Å². The maximum absolute atomic E-state index is 13.0. The summed E-state index contributed by atoms with van der Waals surface area (Å²) < 4.78 is 14.3. The van der Waals surface area contributed by atoms with Crippen molar-refractivity contribution in [2.45, 2.75) is 6.92 Å². The van der Waals surface area contributed by atoms with Gasteiger partial charge in [0.2, 0.25) is 0 Å². The van der Waals surface area contributed by atoms with Crippen LogP contribution >= 0.6 is 0 Å². The predicted octanol–water partition coefficient (Wildman–Crippen LogP) is 1.11. The normalized spacial score (nSPS) is 15.4. The molecule has 2 heterocycles. The van der Waals surface area contributed by atoms with Crippen molar-refractivity contribution in [3.63, 3.8) is 0 Å². The van der Waals surface area contributed by atoms with Crippen LogP contribution in [0, 0.1) is 12.7 Å². The van der Waals surface area contributed by atoms with E-state index in [0.717, 1.165) is 43.4 Å². The van der Waals surface area contributed by atoms with Gasteiger partial charge in [-0.2, -0.15) is 0 Å². The molecule has 2 aromatic rings. The first kappa shape index (κ1) is 14.4. The summed E-state index contributed by atoms with van der Waals surface area (Å²) in [5.41, 5.74) is 2.15. The van der Waals surface area contributed by atoms with Crippen molar-refractivity contribution in [1.82, 2.24) is 4.98 Å². The van der Waals surface area contributed by atoms with Crippen LogP contribution in [0.5, 0.6) is 0 Å². The van der Waals surface area contributed by atoms with Gasteiger partial charge in [-0.25, -0.2) is 0 Å². The SMILES string of the molecule is Cc1ccc([AsH2])c(N2CCN(c3ccc(F)cc3)CC2)n1. The minimum absolute atomic E-state index is 0.181. The fraction of sp³-hybridized carbons (Fsp3) is 0.312. The Bertz CT molecular complexity index is 622. The van der Waals surface area contributed by atoms with E-state index in [1.165, 1.54) is 16.5 Å². The molecule has 1 aliphatic rings. The fourth-order valence-corrected chi connectivity index (χ4v) is 3.36. The van der Waals surface area contributed by atoms with Gasteiger partial charge in [-0.05, 0) is 0 Å². The van der Waals surface area contributed by atoms with E-state index in [-0.39, 0.29) is 5.82 Å². The van der Waals surface area contributed by atoms with Crippen LogP contribution < -0.4 is 14.2 Å². The quantitative estimate of drug-likeness (QED) is 0.759. The third-order valence-electron chi connectivity index (χ3n) is 3.82. The Morgan fingerprint density at radius 3 is 2.24 bits per heavy atom. The molecule has 0 radical (unpaired) electrons. The van der Waals surface area contributed by atoms with Crippen molar-refractivity contribution in [3.8, 4) is 0 Å². The second-order valence-corrected chi connectivity index (χ2v) is 6.62. The molecule has 1 atom stereocenters. The van der Waals surface area contributed by atoms with Gasteiger partial charge in [-0.3, -0.25) is 0 Å². The molecule has 1 unspecified atom stereocenters. The Balaban J connectivity index is 1.70. The van der Waals surface area contributed by atoms with Crippen LogP contribution in [0.3, 0.4) is 0 Å². The van der Waals surface area contributed by atoms with Crippen LogP contribution in [0.25, 0.3) is 0 Å². The Kier molecular flexibility index (Phi) is 4.16. The summed E-state index contributed by atoms with van der Waals surface area (Å²) in [6.07, 6.45) is 0. The molecule has 1 aromatic carbocycles.